The van der Waals surface area contributed by atoms with Gasteiger partial charge in [-0.25, -0.2) is 0 Å². The Morgan fingerprint density at radius 1 is 1.38 bits per heavy atom. The smallest absolute Gasteiger partial charge is 0.242 e. The Hall–Kier alpha value is 0.0269. The van der Waals surface area contributed by atoms with Crippen LogP contribution in [0.5, 0.6) is 0 Å². The molecule has 0 heterocycles. The average molecular weight is 311 g/mol. The van der Waals surface area contributed by atoms with Gasteiger partial charge in [0.15, 0.2) is 0 Å². The molecule has 0 aromatic rings. The van der Waals surface area contributed by atoms with Crippen molar-refractivity contribution in [3.05, 3.63) is 22.1 Å². The highest BCUT2D eigenvalue weighted by Gasteiger charge is 2.15. The molecule has 0 bridgehead atoms. The molecule has 2 nitrogen and oxygen atoms in total. The number of halogens is 1. The molecule has 0 fully saturated rings. The number of hydrogen-bond acceptors (Lipinski definition) is 2. The molecule has 13 heavy (non-hydrogen) atoms. The number of rotatable bonds is 4. The van der Waals surface area contributed by atoms with Gasteiger partial charge in [0.25, 0.3) is 0 Å². The topological polar surface area (TPSA) is 12.5 Å². The zero-order valence-electron chi connectivity index (χ0n) is 9.02. The molecule has 0 aromatic heterocycles. The van der Waals surface area contributed by atoms with Crippen LogP contribution in [0.1, 0.15) is 0 Å². The molecule has 0 rings (SSSR count). The van der Waals surface area contributed by atoms with Crippen molar-refractivity contribution in [2.24, 2.45) is 0 Å². The van der Waals surface area contributed by atoms with Crippen LogP contribution in [0.2, 0.25) is 19.6 Å². The van der Waals surface area contributed by atoms with Crippen molar-refractivity contribution >= 4 is 30.9 Å². The summed E-state index contributed by atoms with van der Waals surface area (Å²) in [5.74, 6) is 0.761. The van der Waals surface area contributed by atoms with E-state index >= 15 is 0 Å². The predicted molar refractivity (Wildman–Crippen MR) is 69.4 cm³/mol. The van der Waals surface area contributed by atoms with Gasteiger partial charge in [-0.15, -0.1) is 0 Å². The molecule has 76 valence electrons. The van der Waals surface area contributed by atoms with Crippen LogP contribution in [0.25, 0.3) is 0 Å². The largest absolute Gasteiger partial charge is 0.545 e. The van der Waals surface area contributed by atoms with Crippen LogP contribution in [0.15, 0.2) is 22.1 Å². The molecule has 0 N–H and O–H groups in total. The quantitative estimate of drug-likeness (QED) is 0.260. The van der Waals surface area contributed by atoms with E-state index in [0.29, 0.717) is 0 Å². The van der Waals surface area contributed by atoms with Gasteiger partial charge in [0.2, 0.25) is 8.32 Å². The van der Waals surface area contributed by atoms with Gasteiger partial charge >= 0.3 is 0 Å². The van der Waals surface area contributed by atoms with E-state index < -0.39 is 8.32 Å². The van der Waals surface area contributed by atoms with Crippen LogP contribution >= 0.6 is 22.6 Å². The first-order valence-electron chi connectivity index (χ1n) is 4.15. The zero-order chi connectivity index (χ0) is 10.6. The van der Waals surface area contributed by atoms with Crippen LogP contribution in [0, 0.1) is 0 Å². The summed E-state index contributed by atoms with van der Waals surface area (Å²) in [6, 6.07) is 0. The molecule has 0 aliphatic rings. The zero-order valence-corrected chi connectivity index (χ0v) is 12.2. The molecule has 0 saturated heterocycles. The summed E-state index contributed by atoms with van der Waals surface area (Å²) in [6.07, 6.45) is 1.96. The van der Waals surface area contributed by atoms with Gasteiger partial charge in [-0.1, -0.05) is 6.58 Å². The summed E-state index contributed by atoms with van der Waals surface area (Å²) in [5.41, 5.74) is 0. The summed E-state index contributed by atoms with van der Waals surface area (Å²) in [4.78, 5) is 2.03. The Labute approximate surface area is 95.9 Å². The lowest BCUT2D eigenvalue weighted by Crippen LogP contribution is -2.24. The van der Waals surface area contributed by atoms with Crippen LogP contribution in [-0.4, -0.2) is 27.3 Å². The maximum Gasteiger partial charge on any atom is 0.242 e. The summed E-state index contributed by atoms with van der Waals surface area (Å²) in [7, 11) is 2.51. The molecule has 0 aromatic carbocycles. The van der Waals surface area contributed by atoms with Crippen molar-refractivity contribution in [3.8, 4) is 0 Å². The maximum atomic E-state index is 5.70. The highest BCUT2D eigenvalue weighted by Crippen LogP contribution is 2.15. The Kier molecular flexibility index (Phi) is 5.05. The van der Waals surface area contributed by atoms with Gasteiger partial charge in [0.1, 0.15) is 0 Å². The first-order valence-corrected chi connectivity index (χ1v) is 8.63. The van der Waals surface area contributed by atoms with E-state index in [1.54, 1.807) is 0 Å². The standard InChI is InChI=1S/C9H18INOSi/c1-8(12-13(4,5)6)7-9(10)11(2)3/h7H,1H2,2-6H3. The van der Waals surface area contributed by atoms with Crippen LogP contribution < -0.4 is 0 Å². The van der Waals surface area contributed by atoms with E-state index in [0.717, 1.165) is 9.46 Å². The van der Waals surface area contributed by atoms with Crippen molar-refractivity contribution in [3.63, 3.8) is 0 Å². The second-order valence-electron chi connectivity index (χ2n) is 4.04. The van der Waals surface area contributed by atoms with Crippen LogP contribution in [0.3, 0.4) is 0 Å². The minimum Gasteiger partial charge on any atom is -0.545 e. The van der Waals surface area contributed by atoms with E-state index in [-0.39, 0.29) is 0 Å². The second-order valence-corrected chi connectivity index (χ2v) is 9.58. The molecule has 0 radical (unpaired) electrons. The van der Waals surface area contributed by atoms with Gasteiger partial charge in [0.05, 0.1) is 9.46 Å². The third kappa shape index (κ3) is 7.13. The fourth-order valence-corrected chi connectivity index (χ4v) is 1.88. The number of allylic oxidation sites excluding steroid dienone is 1. The molecular weight excluding hydrogens is 293 g/mol. The van der Waals surface area contributed by atoms with Crippen molar-refractivity contribution in [1.29, 1.82) is 0 Å². The van der Waals surface area contributed by atoms with E-state index in [1.165, 1.54) is 0 Å². The third-order valence-corrected chi connectivity index (χ3v) is 3.30. The van der Waals surface area contributed by atoms with Gasteiger partial charge in [0, 0.05) is 20.2 Å². The highest BCUT2D eigenvalue weighted by molar-refractivity contribution is 14.1. The minimum atomic E-state index is -1.49. The molecular formula is C9H18INOSi. The normalized spacial score (nSPS) is 12.6. The molecule has 0 amide bonds. The monoisotopic (exact) mass is 311 g/mol. The van der Waals surface area contributed by atoms with Crippen molar-refractivity contribution in [2.45, 2.75) is 19.6 Å². The fourth-order valence-electron chi connectivity index (χ4n) is 0.685. The van der Waals surface area contributed by atoms with Gasteiger partial charge in [-0.3, -0.25) is 0 Å². The number of nitrogens with zero attached hydrogens (tertiary/aromatic N) is 1. The molecule has 0 atom stereocenters. The molecule has 0 saturated carbocycles. The first-order chi connectivity index (χ1) is 5.72. The van der Waals surface area contributed by atoms with Crippen LogP contribution in [-0.2, 0) is 4.43 Å². The lowest BCUT2D eigenvalue weighted by molar-refractivity contribution is 0.440. The van der Waals surface area contributed by atoms with Gasteiger partial charge in [-0.05, 0) is 42.2 Å². The molecule has 0 unspecified atom stereocenters. The highest BCUT2D eigenvalue weighted by atomic mass is 127. The Bertz CT molecular complexity index is 218. The van der Waals surface area contributed by atoms with E-state index in [1.807, 2.05) is 25.1 Å². The summed E-state index contributed by atoms with van der Waals surface area (Å²) in [5, 5.41) is 0. The molecule has 0 spiro atoms. The van der Waals surface area contributed by atoms with Crippen molar-refractivity contribution < 1.29 is 4.43 Å². The Morgan fingerprint density at radius 3 is 2.15 bits per heavy atom. The summed E-state index contributed by atoms with van der Waals surface area (Å²) in [6.45, 7) is 10.3. The first kappa shape index (κ1) is 13.0. The average Bonchev–Trinajstić information content (AvgIpc) is 1.81. The van der Waals surface area contributed by atoms with E-state index in [9.17, 15) is 0 Å². The lowest BCUT2D eigenvalue weighted by atomic mass is 10.5. The summed E-state index contributed by atoms with van der Waals surface area (Å²) < 4.78 is 6.82. The minimum absolute atomic E-state index is 0.761. The van der Waals surface area contributed by atoms with Crippen LogP contribution in [0.4, 0.5) is 0 Å². The Morgan fingerprint density at radius 2 is 1.85 bits per heavy atom. The van der Waals surface area contributed by atoms with Crippen molar-refractivity contribution in [2.75, 3.05) is 14.1 Å². The fraction of sp³-hybridized carbons (Fsp3) is 0.556. The van der Waals surface area contributed by atoms with Crippen molar-refractivity contribution in [1.82, 2.24) is 4.90 Å². The molecule has 0 aliphatic carbocycles. The lowest BCUT2D eigenvalue weighted by Gasteiger charge is -2.20. The second kappa shape index (κ2) is 5.04. The SMILES string of the molecule is C=C(C=C(I)N(C)C)O[Si](C)(C)C. The molecule has 4 heteroatoms. The predicted octanol–water partition coefficient (Wildman–Crippen LogP) is 3.19. The van der Waals surface area contributed by atoms with Gasteiger partial charge < -0.3 is 9.33 Å². The third-order valence-electron chi connectivity index (χ3n) is 1.14. The van der Waals surface area contributed by atoms with E-state index in [4.69, 9.17) is 4.43 Å². The molecule has 0 aliphatic heterocycles. The summed E-state index contributed by atoms with van der Waals surface area (Å²) >= 11 is 2.26. The number of hydrogen-bond donors (Lipinski definition) is 0. The maximum absolute atomic E-state index is 5.70. The van der Waals surface area contributed by atoms with Gasteiger partial charge in [-0.2, -0.15) is 0 Å². The van der Waals surface area contributed by atoms with E-state index in [2.05, 4.69) is 48.8 Å². The Balaban J connectivity index is 4.24.